The van der Waals surface area contributed by atoms with Crippen molar-refractivity contribution in [2.75, 3.05) is 4.90 Å². The predicted molar refractivity (Wildman–Crippen MR) is 89.5 cm³/mol. The molecular weight excluding hydrogens is 376 g/mol. The number of aromatic nitrogens is 2. The van der Waals surface area contributed by atoms with E-state index in [4.69, 9.17) is 4.84 Å². The highest BCUT2D eigenvalue weighted by Gasteiger charge is 2.56. The Bertz CT molecular complexity index is 904. The highest BCUT2D eigenvalue weighted by molar-refractivity contribution is 9.10. The summed E-state index contributed by atoms with van der Waals surface area (Å²) in [7, 11) is 1.79. The van der Waals surface area contributed by atoms with Gasteiger partial charge in [0, 0.05) is 23.3 Å². The number of hydrogen-bond donors (Lipinski definition) is 0. The van der Waals surface area contributed by atoms with Crippen molar-refractivity contribution in [1.29, 1.82) is 0 Å². The van der Waals surface area contributed by atoms with Crippen LogP contribution in [0.25, 0.3) is 0 Å². The van der Waals surface area contributed by atoms with Gasteiger partial charge in [-0.2, -0.15) is 5.10 Å². The number of halogens is 1. The van der Waals surface area contributed by atoms with E-state index in [0.29, 0.717) is 11.4 Å². The highest BCUT2D eigenvalue weighted by atomic mass is 79.9. The molecule has 0 spiro atoms. The highest BCUT2D eigenvalue weighted by Crippen LogP contribution is 2.36. The van der Waals surface area contributed by atoms with Crippen molar-refractivity contribution < 1.29 is 14.4 Å². The standard InChI is InChI=1S/C16H13BrN4O3/c1-8-11(7-20(2)18-8)13-12-14(24-19-13)16(23)21(15(12)22)10-5-3-4-9(17)6-10/h3-7,12,14H,1-2H3/t12-,14-/m1/s1. The van der Waals surface area contributed by atoms with Gasteiger partial charge in [-0.05, 0) is 25.1 Å². The maximum Gasteiger partial charge on any atom is 0.278 e. The fourth-order valence-corrected chi connectivity index (χ4v) is 3.51. The zero-order valence-electron chi connectivity index (χ0n) is 12.9. The molecule has 24 heavy (non-hydrogen) atoms. The van der Waals surface area contributed by atoms with Gasteiger partial charge in [-0.1, -0.05) is 27.2 Å². The Morgan fingerprint density at radius 1 is 1.25 bits per heavy atom. The van der Waals surface area contributed by atoms with Crippen molar-refractivity contribution in [3.8, 4) is 0 Å². The number of fused-ring (bicyclic) bond motifs is 1. The van der Waals surface area contributed by atoms with Gasteiger partial charge in [-0.15, -0.1) is 0 Å². The maximum absolute atomic E-state index is 12.9. The molecule has 0 aliphatic carbocycles. The van der Waals surface area contributed by atoms with Crippen LogP contribution in [-0.2, 0) is 21.5 Å². The van der Waals surface area contributed by atoms with Crippen molar-refractivity contribution in [2.24, 2.45) is 18.1 Å². The minimum atomic E-state index is -0.911. The molecule has 0 unspecified atom stereocenters. The first-order valence-corrected chi connectivity index (χ1v) is 8.14. The second-order valence-electron chi connectivity index (χ2n) is 5.77. The molecule has 2 atom stereocenters. The Labute approximate surface area is 146 Å². The van der Waals surface area contributed by atoms with Crippen LogP contribution in [0.15, 0.2) is 40.1 Å². The predicted octanol–water partition coefficient (Wildman–Crippen LogP) is 1.78. The van der Waals surface area contributed by atoms with Crippen molar-refractivity contribution in [3.05, 3.63) is 46.2 Å². The molecule has 0 saturated carbocycles. The number of benzene rings is 1. The summed E-state index contributed by atoms with van der Waals surface area (Å²) in [6.07, 6.45) is 0.866. The smallest absolute Gasteiger partial charge is 0.278 e. The van der Waals surface area contributed by atoms with Gasteiger partial charge in [0.15, 0.2) is 0 Å². The Morgan fingerprint density at radius 2 is 2.04 bits per heavy atom. The molecule has 122 valence electrons. The number of rotatable bonds is 2. The van der Waals surface area contributed by atoms with E-state index in [2.05, 4.69) is 26.2 Å². The number of imide groups is 1. The van der Waals surface area contributed by atoms with E-state index in [1.807, 2.05) is 13.0 Å². The summed E-state index contributed by atoms with van der Waals surface area (Å²) in [6, 6.07) is 7.05. The van der Waals surface area contributed by atoms with Crippen LogP contribution >= 0.6 is 15.9 Å². The Kier molecular flexibility index (Phi) is 3.31. The zero-order valence-corrected chi connectivity index (χ0v) is 14.5. The molecule has 8 heteroatoms. The van der Waals surface area contributed by atoms with Crippen LogP contribution in [-0.4, -0.2) is 33.4 Å². The average molecular weight is 389 g/mol. The molecule has 7 nitrogen and oxygen atoms in total. The number of anilines is 1. The maximum atomic E-state index is 12.9. The van der Waals surface area contributed by atoms with Gasteiger partial charge < -0.3 is 4.84 Å². The first-order valence-electron chi connectivity index (χ1n) is 7.35. The summed E-state index contributed by atoms with van der Waals surface area (Å²) in [6.45, 7) is 1.83. The molecule has 3 heterocycles. The number of oxime groups is 1. The second kappa shape index (κ2) is 5.27. The monoisotopic (exact) mass is 388 g/mol. The molecule has 1 aromatic carbocycles. The van der Waals surface area contributed by atoms with Gasteiger partial charge in [0.2, 0.25) is 12.0 Å². The SMILES string of the molecule is Cc1nn(C)cc1C1=NO[C@H]2C(=O)N(c3cccc(Br)c3)C(=O)[C@H]12. The van der Waals surface area contributed by atoms with E-state index in [9.17, 15) is 9.59 Å². The molecule has 0 N–H and O–H groups in total. The number of amides is 2. The Balaban J connectivity index is 1.74. The fraction of sp³-hybridized carbons (Fsp3) is 0.250. The van der Waals surface area contributed by atoms with Gasteiger partial charge in [0.25, 0.3) is 5.91 Å². The number of carbonyl (C=O) groups is 2. The number of carbonyl (C=O) groups excluding carboxylic acids is 2. The van der Waals surface area contributed by atoms with Crippen molar-refractivity contribution in [2.45, 2.75) is 13.0 Å². The second-order valence-corrected chi connectivity index (χ2v) is 6.69. The van der Waals surface area contributed by atoms with Gasteiger partial charge in [0.05, 0.1) is 11.4 Å². The fourth-order valence-electron chi connectivity index (χ4n) is 3.12. The summed E-state index contributed by atoms with van der Waals surface area (Å²) in [4.78, 5) is 32.0. The van der Waals surface area contributed by atoms with Crippen LogP contribution in [0.5, 0.6) is 0 Å². The van der Waals surface area contributed by atoms with Crippen LogP contribution in [0.4, 0.5) is 5.69 Å². The van der Waals surface area contributed by atoms with Gasteiger partial charge in [0.1, 0.15) is 11.6 Å². The van der Waals surface area contributed by atoms with Crippen molar-refractivity contribution in [1.82, 2.24) is 9.78 Å². The molecule has 1 saturated heterocycles. The molecule has 2 aliphatic heterocycles. The van der Waals surface area contributed by atoms with E-state index in [1.54, 1.807) is 36.1 Å². The van der Waals surface area contributed by atoms with Crippen LogP contribution in [0, 0.1) is 12.8 Å². The van der Waals surface area contributed by atoms with Crippen molar-refractivity contribution >= 4 is 39.1 Å². The summed E-state index contributed by atoms with van der Waals surface area (Å²) in [5, 5.41) is 8.26. The molecule has 1 aromatic heterocycles. The van der Waals surface area contributed by atoms with E-state index in [-0.39, 0.29) is 5.91 Å². The lowest BCUT2D eigenvalue weighted by atomic mass is 9.94. The third-order valence-corrected chi connectivity index (χ3v) is 4.66. The van der Waals surface area contributed by atoms with E-state index in [0.717, 1.165) is 15.7 Å². The largest absolute Gasteiger partial charge is 0.381 e. The average Bonchev–Trinajstić information content (AvgIpc) is 3.16. The van der Waals surface area contributed by atoms with Gasteiger partial charge in [-0.3, -0.25) is 14.3 Å². The molecule has 2 amide bonds. The minimum Gasteiger partial charge on any atom is -0.381 e. The molecule has 0 bridgehead atoms. The van der Waals surface area contributed by atoms with E-state index < -0.39 is 17.9 Å². The lowest BCUT2D eigenvalue weighted by Gasteiger charge is -2.15. The van der Waals surface area contributed by atoms with Crippen LogP contribution in [0.2, 0.25) is 0 Å². The third kappa shape index (κ3) is 2.10. The number of aryl methyl sites for hydroxylation is 2. The molecular formula is C16H13BrN4O3. The summed E-state index contributed by atoms with van der Waals surface area (Å²) < 4.78 is 2.43. The zero-order chi connectivity index (χ0) is 17.0. The van der Waals surface area contributed by atoms with Crippen LogP contribution in [0.3, 0.4) is 0 Å². The number of hydrogen-bond acceptors (Lipinski definition) is 5. The van der Waals surface area contributed by atoms with E-state index in [1.165, 1.54) is 4.90 Å². The first-order chi connectivity index (χ1) is 11.5. The summed E-state index contributed by atoms with van der Waals surface area (Å²) in [5.74, 6) is -1.47. The quantitative estimate of drug-likeness (QED) is 0.734. The van der Waals surface area contributed by atoms with Crippen LogP contribution in [0.1, 0.15) is 11.3 Å². The van der Waals surface area contributed by atoms with Crippen LogP contribution < -0.4 is 4.90 Å². The van der Waals surface area contributed by atoms with E-state index >= 15 is 0 Å². The molecule has 4 rings (SSSR count). The molecule has 1 fully saturated rings. The molecule has 0 radical (unpaired) electrons. The lowest BCUT2D eigenvalue weighted by Crippen LogP contribution is -2.33. The summed E-state index contributed by atoms with van der Waals surface area (Å²) >= 11 is 3.36. The van der Waals surface area contributed by atoms with Gasteiger partial charge >= 0.3 is 0 Å². The normalized spacial score (nSPS) is 22.6. The third-order valence-electron chi connectivity index (χ3n) is 4.17. The van der Waals surface area contributed by atoms with Gasteiger partial charge in [-0.25, -0.2) is 4.90 Å². The molecule has 2 aliphatic rings. The summed E-state index contributed by atoms with van der Waals surface area (Å²) in [5.41, 5.74) is 2.44. The minimum absolute atomic E-state index is 0.331. The van der Waals surface area contributed by atoms with Crippen molar-refractivity contribution in [3.63, 3.8) is 0 Å². The Hall–Kier alpha value is -2.48. The Morgan fingerprint density at radius 3 is 2.71 bits per heavy atom. The topological polar surface area (TPSA) is 76.8 Å². The number of nitrogens with zero attached hydrogens (tertiary/aromatic N) is 4. The first kappa shape index (κ1) is 15.1. The molecule has 2 aromatic rings. The lowest BCUT2D eigenvalue weighted by molar-refractivity contribution is -0.126.